The highest BCUT2D eigenvalue weighted by molar-refractivity contribution is 5.85. The van der Waals surface area contributed by atoms with Crippen LogP contribution in [0.1, 0.15) is 56.9 Å². The number of nitrogens with zero attached hydrogens (tertiary/aromatic N) is 3. The van der Waals surface area contributed by atoms with Gasteiger partial charge in [0.15, 0.2) is 0 Å². The number of pyridine rings is 1. The lowest BCUT2D eigenvalue weighted by molar-refractivity contribution is -0.155. The Morgan fingerprint density at radius 3 is 2.24 bits per heavy atom. The van der Waals surface area contributed by atoms with Crippen molar-refractivity contribution in [3.63, 3.8) is 0 Å². The maximum Gasteiger partial charge on any atom is 0.317 e. The molecule has 3 N–H and O–H groups in total. The molecular weight excluding hydrogens is 465 g/mol. The van der Waals surface area contributed by atoms with E-state index >= 15 is 0 Å². The van der Waals surface area contributed by atoms with Crippen LogP contribution in [-0.2, 0) is 16.1 Å². The molecule has 10 heteroatoms. The minimum Gasteiger partial charge on any atom is -0.462 e. The van der Waals surface area contributed by atoms with Gasteiger partial charge in [-0.2, -0.15) is 0 Å². The van der Waals surface area contributed by atoms with Gasteiger partial charge in [0.25, 0.3) is 0 Å². The molecule has 0 bridgehead atoms. The average molecular weight is 502 g/mol. The molecule has 2 saturated carbocycles. The smallest absolute Gasteiger partial charge is 0.317 e. The van der Waals surface area contributed by atoms with Crippen LogP contribution in [0, 0.1) is 5.92 Å². The van der Waals surface area contributed by atoms with Gasteiger partial charge in [0.05, 0.1) is 5.92 Å². The van der Waals surface area contributed by atoms with Crippen LogP contribution in [0.25, 0.3) is 0 Å². The zero-order chi connectivity index (χ0) is 21.6. The standard InChI is InChI=1S/C23H35N5O3.2ClH/c24-15-17-5-10-21(25-16-17)27-11-13-28(14-12-27)23(30)26-19-8-6-18(7-9-19)22(29)31-20-3-1-2-4-20;;/h5,10,16,18-20H,1-4,6-9,11-15,24H2,(H,26,30);2*1H. The van der Waals surface area contributed by atoms with Crippen molar-refractivity contribution in [2.75, 3.05) is 31.1 Å². The minimum atomic E-state index is -0.0269. The van der Waals surface area contributed by atoms with Gasteiger partial charge in [-0.25, -0.2) is 9.78 Å². The molecule has 2 aliphatic carbocycles. The minimum absolute atomic E-state index is 0. The van der Waals surface area contributed by atoms with E-state index in [1.165, 1.54) is 12.8 Å². The predicted octanol–water partition coefficient (Wildman–Crippen LogP) is 3.26. The number of nitrogens with one attached hydrogen (secondary N) is 1. The number of amides is 2. The number of halogens is 2. The zero-order valence-electron chi connectivity index (χ0n) is 19.1. The summed E-state index contributed by atoms with van der Waals surface area (Å²) in [4.78, 5) is 33.7. The summed E-state index contributed by atoms with van der Waals surface area (Å²) in [7, 11) is 0. The Labute approximate surface area is 208 Å². The lowest BCUT2D eigenvalue weighted by Crippen LogP contribution is -2.54. The van der Waals surface area contributed by atoms with Crippen LogP contribution in [0.4, 0.5) is 10.6 Å². The molecular formula is C23H37Cl2N5O3. The SMILES string of the molecule is Cl.Cl.NCc1ccc(N2CCN(C(=O)NC3CCC(C(=O)OC4CCCC4)CC3)CC2)nc1. The Hall–Kier alpha value is -1.77. The molecule has 1 saturated heterocycles. The normalized spacial score (nSPS) is 23.3. The van der Waals surface area contributed by atoms with Gasteiger partial charge in [0.2, 0.25) is 0 Å². The molecule has 0 unspecified atom stereocenters. The number of urea groups is 1. The van der Waals surface area contributed by atoms with Gasteiger partial charge in [-0.15, -0.1) is 24.8 Å². The number of ether oxygens (including phenoxy) is 1. The number of nitrogens with two attached hydrogens (primary N) is 1. The fraction of sp³-hybridized carbons (Fsp3) is 0.696. The van der Waals surface area contributed by atoms with E-state index < -0.39 is 0 Å². The molecule has 3 aliphatic rings. The zero-order valence-corrected chi connectivity index (χ0v) is 20.7. The van der Waals surface area contributed by atoms with Gasteiger partial charge in [-0.05, 0) is 63.0 Å². The van der Waals surface area contributed by atoms with Crippen molar-refractivity contribution in [1.82, 2.24) is 15.2 Å². The molecule has 0 radical (unpaired) electrons. The Kier molecular flexibility index (Phi) is 11.0. The third-order valence-corrected chi connectivity index (χ3v) is 6.91. The van der Waals surface area contributed by atoms with Crippen LogP contribution in [-0.4, -0.2) is 60.2 Å². The van der Waals surface area contributed by atoms with E-state index in [1.54, 1.807) is 0 Å². The summed E-state index contributed by atoms with van der Waals surface area (Å²) in [6.07, 6.45) is 9.60. The summed E-state index contributed by atoms with van der Waals surface area (Å²) in [6, 6.07) is 4.14. The molecule has 1 aliphatic heterocycles. The maximum atomic E-state index is 12.7. The topological polar surface area (TPSA) is 101 Å². The van der Waals surface area contributed by atoms with Crippen LogP contribution in [0.15, 0.2) is 18.3 Å². The summed E-state index contributed by atoms with van der Waals surface area (Å²) in [5, 5.41) is 3.18. The van der Waals surface area contributed by atoms with Crippen LogP contribution >= 0.6 is 24.8 Å². The molecule has 33 heavy (non-hydrogen) atoms. The number of carbonyl (C=O) groups excluding carboxylic acids is 2. The number of hydrogen-bond acceptors (Lipinski definition) is 6. The summed E-state index contributed by atoms with van der Waals surface area (Å²) in [6.45, 7) is 3.37. The summed E-state index contributed by atoms with van der Waals surface area (Å²) >= 11 is 0. The van der Waals surface area contributed by atoms with Gasteiger partial charge in [0, 0.05) is 45.0 Å². The van der Waals surface area contributed by atoms with Crippen LogP contribution < -0.4 is 16.0 Å². The Morgan fingerprint density at radius 1 is 1.00 bits per heavy atom. The first-order valence-corrected chi connectivity index (χ1v) is 11.8. The second-order valence-electron chi connectivity index (χ2n) is 9.04. The van der Waals surface area contributed by atoms with E-state index in [2.05, 4.69) is 15.2 Å². The van der Waals surface area contributed by atoms with Crippen LogP contribution in [0.2, 0.25) is 0 Å². The number of anilines is 1. The van der Waals surface area contributed by atoms with Crippen LogP contribution in [0.5, 0.6) is 0 Å². The lowest BCUT2D eigenvalue weighted by atomic mass is 9.86. The van der Waals surface area contributed by atoms with E-state index in [0.717, 1.165) is 63.0 Å². The molecule has 0 aromatic carbocycles. The number of rotatable bonds is 5. The monoisotopic (exact) mass is 501 g/mol. The van der Waals surface area contributed by atoms with Crippen molar-refractivity contribution >= 4 is 42.6 Å². The van der Waals surface area contributed by atoms with Crippen molar-refractivity contribution in [2.24, 2.45) is 11.7 Å². The molecule has 8 nitrogen and oxygen atoms in total. The maximum absolute atomic E-state index is 12.7. The lowest BCUT2D eigenvalue weighted by Gasteiger charge is -2.37. The van der Waals surface area contributed by atoms with Crippen LogP contribution in [0.3, 0.4) is 0 Å². The summed E-state index contributed by atoms with van der Waals surface area (Å²) < 4.78 is 5.67. The first-order valence-electron chi connectivity index (χ1n) is 11.8. The first-order chi connectivity index (χ1) is 15.1. The molecule has 0 atom stereocenters. The van der Waals surface area contributed by atoms with E-state index in [0.29, 0.717) is 19.6 Å². The molecule has 0 spiro atoms. The van der Waals surface area contributed by atoms with Crippen molar-refractivity contribution in [1.29, 1.82) is 0 Å². The molecule has 2 amide bonds. The van der Waals surface area contributed by atoms with Gasteiger partial charge in [0.1, 0.15) is 11.9 Å². The van der Waals surface area contributed by atoms with E-state index in [1.807, 2.05) is 23.2 Å². The van der Waals surface area contributed by atoms with Crippen molar-refractivity contribution < 1.29 is 14.3 Å². The Bertz CT molecular complexity index is 745. The number of piperazine rings is 1. The Morgan fingerprint density at radius 2 is 1.67 bits per heavy atom. The first kappa shape index (κ1) is 27.5. The van der Waals surface area contributed by atoms with Crippen molar-refractivity contribution in [2.45, 2.75) is 70.1 Å². The van der Waals surface area contributed by atoms with Gasteiger partial charge < -0.3 is 25.6 Å². The average Bonchev–Trinajstić information content (AvgIpc) is 3.33. The number of aromatic nitrogens is 1. The third-order valence-electron chi connectivity index (χ3n) is 6.91. The Balaban J connectivity index is 0.00000193. The highest BCUT2D eigenvalue weighted by atomic mass is 35.5. The summed E-state index contributed by atoms with van der Waals surface area (Å²) in [5.74, 6) is 0.899. The highest BCUT2D eigenvalue weighted by Gasteiger charge is 2.31. The third kappa shape index (κ3) is 7.36. The largest absolute Gasteiger partial charge is 0.462 e. The molecule has 1 aromatic heterocycles. The second-order valence-corrected chi connectivity index (χ2v) is 9.04. The molecule has 2 heterocycles. The highest BCUT2D eigenvalue weighted by Crippen LogP contribution is 2.28. The van der Waals surface area contributed by atoms with Gasteiger partial charge in [-0.3, -0.25) is 4.79 Å². The van der Waals surface area contributed by atoms with Gasteiger partial charge in [-0.1, -0.05) is 6.07 Å². The van der Waals surface area contributed by atoms with E-state index in [9.17, 15) is 9.59 Å². The van der Waals surface area contributed by atoms with Gasteiger partial charge >= 0.3 is 12.0 Å². The van der Waals surface area contributed by atoms with E-state index in [4.69, 9.17) is 10.5 Å². The fourth-order valence-corrected chi connectivity index (χ4v) is 4.87. The van der Waals surface area contributed by atoms with Crippen molar-refractivity contribution in [3.05, 3.63) is 23.9 Å². The van der Waals surface area contributed by atoms with E-state index in [-0.39, 0.29) is 54.9 Å². The number of esters is 1. The summed E-state index contributed by atoms with van der Waals surface area (Å²) in [5.41, 5.74) is 6.65. The predicted molar refractivity (Wildman–Crippen MR) is 133 cm³/mol. The van der Waals surface area contributed by atoms with Crippen molar-refractivity contribution in [3.8, 4) is 0 Å². The molecule has 4 rings (SSSR count). The fourth-order valence-electron chi connectivity index (χ4n) is 4.87. The second kappa shape index (κ2) is 13.2. The number of hydrogen-bond donors (Lipinski definition) is 2. The number of carbonyl (C=O) groups is 2. The molecule has 3 fully saturated rings. The molecule has 186 valence electrons. The quantitative estimate of drug-likeness (QED) is 0.600. The molecule has 1 aromatic rings.